The summed E-state index contributed by atoms with van der Waals surface area (Å²) in [6.45, 7) is 3.19. The molecule has 0 atom stereocenters. The molecule has 7 heteroatoms. The normalized spacial score (nSPS) is 11.1. The highest BCUT2D eigenvalue weighted by molar-refractivity contribution is 7.89. The van der Waals surface area contributed by atoms with Crippen molar-refractivity contribution in [2.45, 2.75) is 18.7 Å². The Morgan fingerprint density at radius 2 is 1.95 bits per heavy atom. The van der Waals surface area contributed by atoms with Crippen LogP contribution >= 0.6 is 0 Å². The fraction of sp³-hybridized carbons (Fsp3) is 0.333. The van der Waals surface area contributed by atoms with Crippen LogP contribution in [0, 0.1) is 0 Å². The predicted octanol–water partition coefficient (Wildman–Crippen LogP) is 0.304. The summed E-state index contributed by atoms with van der Waals surface area (Å²) in [5.74, 6) is -0.630. The molecule has 0 aliphatic carbocycles. The summed E-state index contributed by atoms with van der Waals surface area (Å²) in [4.78, 5) is 22.4. The van der Waals surface area contributed by atoms with E-state index in [1.165, 1.54) is 31.2 Å². The van der Waals surface area contributed by atoms with Crippen molar-refractivity contribution < 1.29 is 18.0 Å². The van der Waals surface area contributed by atoms with Crippen LogP contribution in [0.3, 0.4) is 0 Å². The summed E-state index contributed by atoms with van der Waals surface area (Å²) >= 11 is 0. The highest BCUT2D eigenvalue weighted by Crippen LogP contribution is 2.11. The summed E-state index contributed by atoms with van der Waals surface area (Å²) in [7, 11) is -3.79. The zero-order chi connectivity index (χ0) is 14.5. The molecule has 0 unspecified atom stereocenters. The van der Waals surface area contributed by atoms with E-state index in [0.717, 1.165) is 0 Å². The molecule has 1 amide bonds. The van der Waals surface area contributed by atoms with Gasteiger partial charge in [0.1, 0.15) is 0 Å². The molecule has 0 saturated heterocycles. The number of hydrogen-bond donors (Lipinski definition) is 2. The number of rotatable bonds is 6. The van der Waals surface area contributed by atoms with E-state index in [4.69, 9.17) is 0 Å². The maximum absolute atomic E-state index is 11.9. The standard InChI is InChI=1S/C12H16N2O4S/c1-3-13-12(16)8-14-19(17,18)11-6-4-5-10(7-11)9(2)15/h4-7,14H,3,8H2,1-2H3,(H,13,16). The Bertz CT molecular complexity index is 581. The molecule has 19 heavy (non-hydrogen) atoms. The topological polar surface area (TPSA) is 92.3 Å². The fourth-order valence-electron chi connectivity index (χ4n) is 1.39. The van der Waals surface area contributed by atoms with Crippen molar-refractivity contribution in [3.63, 3.8) is 0 Å². The molecule has 0 radical (unpaired) electrons. The molecular weight excluding hydrogens is 268 g/mol. The van der Waals surface area contributed by atoms with Crippen LogP contribution in [-0.4, -0.2) is 33.2 Å². The second-order valence-corrected chi connectivity index (χ2v) is 5.63. The predicted molar refractivity (Wildman–Crippen MR) is 70.3 cm³/mol. The number of hydrogen-bond acceptors (Lipinski definition) is 4. The van der Waals surface area contributed by atoms with E-state index in [1.807, 2.05) is 0 Å². The Morgan fingerprint density at radius 3 is 2.53 bits per heavy atom. The van der Waals surface area contributed by atoms with Crippen molar-refractivity contribution >= 4 is 21.7 Å². The van der Waals surface area contributed by atoms with Crippen LogP contribution in [0.2, 0.25) is 0 Å². The molecule has 0 bridgehead atoms. The molecule has 6 nitrogen and oxygen atoms in total. The molecule has 0 saturated carbocycles. The van der Waals surface area contributed by atoms with Gasteiger partial charge in [-0.3, -0.25) is 9.59 Å². The van der Waals surface area contributed by atoms with E-state index in [0.29, 0.717) is 12.1 Å². The zero-order valence-corrected chi connectivity index (χ0v) is 11.6. The van der Waals surface area contributed by atoms with E-state index in [9.17, 15) is 18.0 Å². The Balaban J connectivity index is 2.85. The molecule has 0 aliphatic rings. The quantitative estimate of drug-likeness (QED) is 0.735. The third-order valence-corrected chi connectivity index (χ3v) is 3.75. The summed E-state index contributed by atoms with van der Waals surface area (Å²) in [5, 5.41) is 2.48. The van der Waals surface area contributed by atoms with Gasteiger partial charge in [-0.05, 0) is 26.0 Å². The van der Waals surface area contributed by atoms with Crippen molar-refractivity contribution in [2.75, 3.05) is 13.1 Å². The molecule has 0 aliphatic heterocycles. The van der Waals surface area contributed by atoms with E-state index in [1.54, 1.807) is 6.92 Å². The van der Waals surface area contributed by atoms with Gasteiger partial charge in [0.2, 0.25) is 15.9 Å². The summed E-state index contributed by atoms with van der Waals surface area (Å²) in [6, 6.07) is 5.66. The van der Waals surface area contributed by atoms with Gasteiger partial charge in [0, 0.05) is 12.1 Å². The number of carbonyl (C=O) groups is 2. The largest absolute Gasteiger partial charge is 0.355 e. The minimum absolute atomic E-state index is 0.0375. The van der Waals surface area contributed by atoms with Gasteiger partial charge in [0.25, 0.3) is 0 Å². The number of benzene rings is 1. The number of carbonyl (C=O) groups excluding carboxylic acids is 2. The van der Waals surface area contributed by atoms with Crippen LogP contribution in [0.4, 0.5) is 0 Å². The first-order valence-electron chi connectivity index (χ1n) is 5.74. The second kappa shape index (κ2) is 6.44. The first kappa shape index (κ1) is 15.3. The number of Topliss-reactive ketones (excluding diaryl/α,β-unsaturated/α-hetero) is 1. The maximum Gasteiger partial charge on any atom is 0.241 e. The molecule has 104 valence electrons. The van der Waals surface area contributed by atoms with E-state index >= 15 is 0 Å². The molecule has 0 fully saturated rings. The van der Waals surface area contributed by atoms with Gasteiger partial charge in [-0.15, -0.1) is 0 Å². The molecule has 2 N–H and O–H groups in total. The molecular formula is C12H16N2O4S. The molecule has 0 aromatic heterocycles. The molecule has 0 spiro atoms. The van der Waals surface area contributed by atoms with Crippen molar-refractivity contribution in [1.82, 2.24) is 10.0 Å². The fourth-order valence-corrected chi connectivity index (χ4v) is 2.41. The van der Waals surface area contributed by atoms with Gasteiger partial charge in [-0.2, -0.15) is 0 Å². The third kappa shape index (κ3) is 4.46. The van der Waals surface area contributed by atoms with Gasteiger partial charge < -0.3 is 5.32 Å². The minimum atomic E-state index is -3.79. The van der Waals surface area contributed by atoms with E-state index in [2.05, 4.69) is 10.0 Å². The Hall–Kier alpha value is -1.73. The molecule has 0 heterocycles. The second-order valence-electron chi connectivity index (χ2n) is 3.86. The average molecular weight is 284 g/mol. The smallest absolute Gasteiger partial charge is 0.241 e. The Labute approximate surface area is 112 Å². The Morgan fingerprint density at radius 1 is 1.26 bits per heavy atom. The Kier molecular flexibility index (Phi) is 5.20. The van der Waals surface area contributed by atoms with Gasteiger partial charge >= 0.3 is 0 Å². The monoisotopic (exact) mass is 284 g/mol. The number of likely N-dealkylation sites (N-methyl/N-ethyl adjacent to an activating group) is 1. The van der Waals surface area contributed by atoms with Crippen LogP contribution in [-0.2, 0) is 14.8 Å². The first-order chi connectivity index (χ1) is 8.86. The number of amides is 1. The van der Waals surface area contributed by atoms with Crippen LogP contribution in [0.25, 0.3) is 0 Å². The summed E-state index contributed by atoms with van der Waals surface area (Å²) in [5.41, 5.74) is 0.306. The van der Waals surface area contributed by atoms with Crippen LogP contribution in [0.5, 0.6) is 0 Å². The first-order valence-corrected chi connectivity index (χ1v) is 7.22. The molecule has 1 aromatic carbocycles. The minimum Gasteiger partial charge on any atom is -0.355 e. The van der Waals surface area contributed by atoms with Crippen molar-refractivity contribution in [1.29, 1.82) is 0 Å². The highest BCUT2D eigenvalue weighted by Gasteiger charge is 2.16. The summed E-state index contributed by atoms with van der Waals surface area (Å²) in [6.07, 6.45) is 0. The highest BCUT2D eigenvalue weighted by atomic mass is 32.2. The van der Waals surface area contributed by atoms with Crippen molar-refractivity contribution in [3.05, 3.63) is 29.8 Å². The lowest BCUT2D eigenvalue weighted by Gasteiger charge is -2.07. The van der Waals surface area contributed by atoms with E-state index in [-0.39, 0.29) is 17.2 Å². The number of nitrogens with one attached hydrogen (secondary N) is 2. The van der Waals surface area contributed by atoms with Gasteiger partial charge in [-0.1, -0.05) is 12.1 Å². The van der Waals surface area contributed by atoms with Crippen LogP contribution in [0.15, 0.2) is 29.2 Å². The van der Waals surface area contributed by atoms with Crippen molar-refractivity contribution in [2.24, 2.45) is 0 Å². The third-order valence-electron chi connectivity index (χ3n) is 2.35. The average Bonchev–Trinajstić information content (AvgIpc) is 2.37. The molecule has 1 aromatic rings. The number of ketones is 1. The molecule has 1 rings (SSSR count). The van der Waals surface area contributed by atoms with Crippen molar-refractivity contribution in [3.8, 4) is 0 Å². The zero-order valence-electron chi connectivity index (χ0n) is 10.8. The van der Waals surface area contributed by atoms with Gasteiger partial charge in [0.05, 0.1) is 11.4 Å². The lowest BCUT2D eigenvalue weighted by molar-refractivity contribution is -0.119. The SMILES string of the molecule is CCNC(=O)CNS(=O)(=O)c1cccc(C(C)=O)c1. The van der Waals surface area contributed by atoms with Crippen LogP contribution in [0.1, 0.15) is 24.2 Å². The lowest BCUT2D eigenvalue weighted by atomic mass is 10.2. The lowest BCUT2D eigenvalue weighted by Crippen LogP contribution is -2.36. The summed E-state index contributed by atoms with van der Waals surface area (Å²) < 4.78 is 26.0. The maximum atomic E-state index is 11.9. The van der Waals surface area contributed by atoms with Gasteiger partial charge in [-0.25, -0.2) is 13.1 Å². The number of sulfonamides is 1. The van der Waals surface area contributed by atoms with Gasteiger partial charge in [0.15, 0.2) is 5.78 Å². The van der Waals surface area contributed by atoms with E-state index < -0.39 is 15.9 Å². The van der Waals surface area contributed by atoms with Crippen LogP contribution < -0.4 is 10.0 Å².